The molecule has 0 saturated carbocycles. The van der Waals surface area contributed by atoms with Crippen LogP contribution in [0.4, 0.5) is 14.5 Å². The van der Waals surface area contributed by atoms with Crippen LogP contribution in [0.3, 0.4) is 0 Å². The van der Waals surface area contributed by atoms with Crippen LogP contribution in [-0.2, 0) is 13.0 Å². The van der Waals surface area contributed by atoms with E-state index in [4.69, 9.17) is 5.73 Å². The molecule has 0 amide bonds. The average Bonchev–Trinajstić information content (AvgIpc) is 3.13. The minimum absolute atomic E-state index is 0.0624. The van der Waals surface area contributed by atoms with Gasteiger partial charge in [0.25, 0.3) is 0 Å². The van der Waals surface area contributed by atoms with Crippen molar-refractivity contribution in [3.63, 3.8) is 0 Å². The molecule has 2 aromatic heterocycles. The molecule has 4 aromatic rings. The number of halogens is 2. The van der Waals surface area contributed by atoms with Crippen molar-refractivity contribution < 1.29 is 8.78 Å². The predicted octanol–water partition coefficient (Wildman–Crippen LogP) is 4.23. The number of hydrogen-bond donors (Lipinski definition) is 1. The first-order valence-corrected chi connectivity index (χ1v) is 9.47. The molecular formula is C22H18F2N6. The Hall–Kier alpha value is -3.86. The molecule has 30 heavy (non-hydrogen) atoms. The van der Waals surface area contributed by atoms with Gasteiger partial charge in [0.05, 0.1) is 29.4 Å². The molecule has 0 atom stereocenters. The molecule has 6 nitrogen and oxygen atoms in total. The lowest BCUT2D eigenvalue weighted by molar-refractivity contribution is 0.589. The Balaban J connectivity index is 1.89. The van der Waals surface area contributed by atoms with E-state index in [1.54, 1.807) is 28.9 Å². The van der Waals surface area contributed by atoms with E-state index >= 15 is 0 Å². The highest BCUT2D eigenvalue weighted by Crippen LogP contribution is 2.30. The fraction of sp³-hybridized carbons (Fsp3) is 0.182. The summed E-state index contributed by atoms with van der Waals surface area (Å²) in [5, 5.41) is 14.0. The molecule has 8 heteroatoms. The largest absolute Gasteiger partial charge is 0.399 e. The monoisotopic (exact) mass is 404 g/mol. The molecule has 0 unspecified atom stereocenters. The van der Waals surface area contributed by atoms with Gasteiger partial charge >= 0.3 is 0 Å². The normalized spacial score (nSPS) is 11.0. The third-order valence-electron chi connectivity index (χ3n) is 4.79. The van der Waals surface area contributed by atoms with Gasteiger partial charge < -0.3 is 5.73 Å². The number of nitrogen functional groups attached to an aromatic ring is 1. The summed E-state index contributed by atoms with van der Waals surface area (Å²) in [5.41, 5.74) is 7.35. The molecule has 0 aliphatic rings. The summed E-state index contributed by atoms with van der Waals surface area (Å²) in [6.45, 7) is 2.13. The number of nitrogens with two attached hydrogens (primary N) is 1. The van der Waals surface area contributed by atoms with Gasteiger partial charge in [-0.25, -0.2) is 23.4 Å². The van der Waals surface area contributed by atoms with Crippen LogP contribution in [0.15, 0.2) is 42.6 Å². The number of benzene rings is 2. The van der Waals surface area contributed by atoms with E-state index in [9.17, 15) is 14.0 Å². The minimum atomic E-state index is -0.639. The molecule has 4 rings (SSSR count). The van der Waals surface area contributed by atoms with Gasteiger partial charge in [-0.15, -0.1) is 0 Å². The van der Waals surface area contributed by atoms with Crippen molar-refractivity contribution in [2.45, 2.75) is 26.3 Å². The number of anilines is 1. The molecule has 0 aliphatic carbocycles. The van der Waals surface area contributed by atoms with Crippen molar-refractivity contribution >= 4 is 16.7 Å². The molecule has 0 saturated heterocycles. The van der Waals surface area contributed by atoms with Gasteiger partial charge in [0.2, 0.25) is 0 Å². The first-order valence-electron chi connectivity index (χ1n) is 9.47. The zero-order chi connectivity index (χ0) is 21.3. The second-order valence-electron chi connectivity index (χ2n) is 6.91. The number of nitriles is 1. The quantitative estimate of drug-likeness (QED) is 0.503. The lowest BCUT2D eigenvalue weighted by Crippen LogP contribution is -2.07. The third kappa shape index (κ3) is 3.46. The molecular weight excluding hydrogens is 386 g/mol. The second kappa shape index (κ2) is 7.87. The minimum Gasteiger partial charge on any atom is -0.399 e. The van der Waals surface area contributed by atoms with E-state index in [2.05, 4.69) is 15.1 Å². The lowest BCUT2D eigenvalue weighted by Gasteiger charge is -2.10. The molecule has 0 bridgehead atoms. The van der Waals surface area contributed by atoms with Crippen LogP contribution in [0.25, 0.3) is 22.3 Å². The summed E-state index contributed by atoms with van der Waals surface area (Å²) < 4.78 is 30.7. The SMILES string of the molecule is CCCc1nc(-c2cccc(C#N)c2F)c2cnn(Cc3ccc(N)cc3F)c2n1. The Bertz CT molecular complexity index is 1290. The highest BCUT2D eigenvalue weighted by atomic mass is 19.1. The maximum absolute atomic E-state index is 14.9. The van der Waals surface area contributed by atoms with E-state index < -0.39 is 11.6 Å². The second-order valence-corrected chi connectivity index (χ2v) is 6.91. The fourth-order valence-electron chi connectivity index (χ4n) is 3.31. The van der Waals surface area contributed by atoms with Crippen molar-refractivity contribution in [2.75, 3.05) is 5.73 Å². The van der Waals surface area contributed by atoms with Crippen LogP contribution < -0.4 is 5.73 Å². The molecule has 0 radical (unpaired) electrons. The molecule has 2 N–H and O–H groups in total. The van der Waals surface area contributed by atoms with Gasteiger partial charge in [-0.05, 0) is 30.7 Å². The lowest BCUT2D eigenvalue weighted by atomic mass is 10.0. The van der Waals surface area contributed by atoms with Crippen molar-refractivity contribution in [1.29, 1.82) is 5.26 Å². The number of rotatable bonds is 5. The fourth-order valence-corrected chi connectivity index (χ4v) is 3.31. The van der Waals surface area contributed by atoms with Gasteiger partial charge in [0, 0.05) is 23.2 Å². The van der Waals surface area contributed by atoms with E-state index in [0.717, 1.165) is 6.42 Å². The van der Waals surface area contributed by atoms with E-state index in [1.807, 2.05) is 13.0 Å². The maximum Gasteiger partial charge on any atom is 0.162 e. The highest BCUT2D eigenvalue weighted by molar-refractivity contribution is 5.90. The Labute approximate surface area is 171 Å². The zero-order valence-corrected chi connectivity index (χ0v) is 16.2. The number of hydrogen-bond acceptors (Lipinski definition) is 5. The highest BCUT2D eigenvalue weighted by Gasteiger charge is 2.19. The van der Waals surface area contributed by atoms with Crippen molar-refractivity contribution in [1.82, 2.24) is 19.7 Å². The van der Waals surface area contributed by atoms with Crippen molar-refractivity contribution in [2.24, 2.45) is 0 Å². The Morgan fingerprint density at radius 3 is 2.73 bits per heavy atom. The van der Waals surface area contributed by atoms with Crippen LogP contribution in [0, 0.1) is 23.0 Å². The number of nitrogens with zero attached hydrogens (tertiary/aromatic N) is 5. The standard InChI is InChI=1S/C22H18F2N6/c1-2-4-19-28-21(16-6-3-5-13(10-25)20(16)24)17-11-27-30(22(17)29-19)12-14-7-8-15(26)9-18(14)23/h3,5-9,11H,2,4,12,26H2,1H3. The molecule has 0 spiro atoms. The van der Waals surface area contributed by atoms with Crippen LogP contribution in [0.1, 0.15) is 30.3 Å². The van der Waals surface area contributed by atoms with Crippen molar-refractivity contribution in [3.8, 4) is 17.3 Å². The van der Waals surface area contributed by atoms with Crippen LogP contribution in [0.2, 0.25) is 0 Å². The summed E-state index contributed by atoms with van der Waals surface area (Å²) >= 11 is 0. The molecule has 0 aliphatic heterocycles. The third-order valence-corrected chi connectivity index (χ3v) is 4.79. The van der Waals surface area contributed by atoms with Crippen molar-refractivity contribution in [3.05, 3.63) is 71.2 Å². The van der Waals surface area contributed by atoms with Gasteiger partial charge in [-0.2, -0.15) is 10.4 Å². The van der Waals surface area contributed by atoms with Crippen LogP contribution >= 0.6 is 0 Å². The molecule has 150 valence electrons. The number of aryl methyl sites for hydroxylation is 1. The van der Waals surface area contributed by atoms with Crippen LogP contribution in [-0.4, -0.2) is 19.7 Å². The zero-order valence-electron chi connectivity index (χ0n) is 16.2. The Morgan fingerprint density at radius 2 is 2.00 bits per heavy atom. The van der Waals surface area contributed by atoms with E-state index in [0.29, 0.717) is 40.2 Å². The van der Waals surface area contributed by atoms with Gasteiger partial charge in [-0.1, -0.05) is 19.1 Å². The molecule has 2 heterocycles. The smallest absolute Gasteiger partial charge is 0.162 e. The summed E-state index contributed by atoms with van der Waals surface area (Å²) in [6, 6.07) is 10.9. The summed E-state index contributed by atoms with van der Waals surface area (Å²) in [7, 11) is 0. The van der Waals surface area contributed by atoms with E-state index in [-0.39, 0.29) is 17.7 Å². The molecule has 2 aromatic carbocycles. The molecule has 0 fully saturated rings. The number of fused-ring (bicyclic) bond motifs is 1. The Kier molecular flexibility index (Phi) is 5.11. The van der Waals surface area contributed by atoms with Gasteiger partial charge in [0.15, 0.2) is 5.65 Å². The van der Waals surface area contributed by atoms with Crippen LogP contribution in [0.5, 0.6) is 0 Å². The summed E-state index contributed by atoms with van der Waals surface area (Å²) in [4.78, 5) is 9.12. The first-order chi connectivity index (χ1) is 14.5. The first kappa shape index (κ1) is 19.5. The van der Waals surface area contributed by atoms with Gasteiger partial charge in [-0.3, -0.25) is 0 Å². The number of aromatic nitrogens is 4. The average molecular weight is 404 g/mol. The summed E-state index contributed by atoms with van der Waals surface area (Å²) in [6.07, 6.45) is 2.92. The van der Waals surface area contributed by atoms with Gasteiger partial charge in [0.1, 0.15) is 23.5 Å². The topological polar surface area (TPSA) is 93.4 Å². The summed E-state index contributed by atoms with van der Waals surface area (Å²) in [5.74, 6) is -0.546. The Morgan fingerprint density at radius 1 is 1.17 bits per heavy atom. The predicted molar refractivity (Wildman–Crippen MR) is 109 cm³/mol. The van der Waals surface area contributed by atoms with E-state index in [1.165, 1.54) is 18.3 Å². The maximum atomic E-state index is 14.9.